The molecule has 1 N–H and O–H groups in total. The Balaban J connectivity index is 1.82. The van der Waals surface area contributed by atoms with Crippen molar-refractivity contribution in [2.75, 3.05) is 11.9 Å². The lowest BCUT2D eigenvalue weighted by Crippen LogP contribution is -2.14. The molecule has 0 spiro atoms. The number of carbonyl (C=O) groups is 1. The minimum absolute atomic E-state index is 0.0100. The van der Waals surface area contributed by atoms with Crippen LogP contribution in [0.1, 0.15) is 28.4 Å². The summed E-state index contributed by atoms with van der Waals surface area (Å²) < 4.78 is 44.6. The van der Waals surface area contributed by atoms with Gasteiger partial charge in [0.05, 0.1) is 22.9 Å². The van der Waals surface area contributed by atoms with Crippen molar-refractivity contribution < 1.29 is 22.7 Å². The van der Waals surface area contributed by atoms with Crippen LogP contribution in [0.2, 0.25) is 10.0 Å². The second-order valence-corrected chi connectivity index (χ2v) is 8.54. The summed E-state index contributed by atoms with van der Waals surface area (Å²) in [6.07, 6.45) is -4.55. The van der Waals surface area contributed by atoms with Crippen molar-refractivity contribution in [3.63, 3.8) is 0 Å². The molecule has 0 atom stereocenters. The number of thioether (sulfide) groups is 1. The number of alkyl halides is 3. The molecule has 0 radical (unpaired) electrons. The summed E-state index contributed by atoms with van der Waals surface area (Å²) in [5, 5.41) is 3.11. The Morgan fingerprint density at radius 3 is 2.41 bits per heavy atom. The van der Waals surface area contributed by atoms with E-state index < -0.39 is 17.6 Å². The van der Waals surface area contributed by atoms with Crippen LogP contribution in [-0.4, -0.2) is 12.5 Å². The van der Waals surface area contributed by atoms with Crippen LogP contribution >= 0.6 is 35.0 Å². The third kappa shape index (κ3) is 6.34. The number of anilines is 1. The molecule has 9 heteroatoms. The maximum absolute atomic E-state index is 13.0. The van der Waals surface area contributed by atoms with Crippen molar-refractivity contribution in [1.82, 2.24) is 0 Å². The van der Waals surface area contributed by atoms with Gasteiger partial charge < -0.3 is 10.1 Å². The van der Waals surface area contributed by atoms with Crippen LogP contribution in [0, 0.1) is 0 Å². The average Bonchev–Trinajstić information content (AvgIpc) is 2.75. The first-order valence-corrected chi connectivity index (χ1v) is 11.2. The third-order valence-electron chi connectivity index (χ3n) is 4.37. The highest BCUT2D eigenvalue weighted by molar-refractivity contribution is 7.98. The molecule has 0 heterocycles. The molecule has 168 valence electrons. The summed E-state index contributed by atoms with van der Waals surface area (Å²) in [7, 11) is 0. The molecular weight excluding hydrogens is 482 g/mol. The van der Waals surface area contributed by atoms with E-state index in [1.165, 1.54) is 11.8 Å². The van der Waals surface area contributed by atoms with Gasteiger partial charge in [-0.25, -0.2) is 0 Å². The lowest BCUT2D eigenvalue weighted by atomic mass is 10.1. The average molecular weight is 500 g/mol. The maximum Gasteiger partial charge on any atom is 0.416 e. The normalized spacial score (nSPS) is 11.3. The van der Waals surface area contributed by atoms with Crippen molar-refractivity contribution in [1.29, 1.82) is 0 Å². The molecule has 0 aliphatic carbocycles. The second kappa shape index (κ2) is 10.5. The van der Waals surface area contributed by atoms with E-state index in [1.54, 1.807) is 30.3 Å². The Morgan fingerprint density at radius 2 is 1.75 bits per heavy atom. The highest BCUT2D eigenvalue weighted by Crippen LogP contribution is 2.34. The van der Waals surface area contributed by atoms with E-state index in [9.17, 15) is 18.0 Å². The lowest BCUT2D eigenvalue weighted by molar-refractivity contribution is -0.137. The van der Waals surface area contributed by atoms with Gasteiger partial charge in [-0.15, -0.1) is 11.8 Å². The fourth-order valence-electron chi connectivity index (χ4n) is 2.81. The van der Waals surface area contributed by atoms with E-state index >= 15 is 0 Å². The fraction of sp³-hybridized carbons (Fsp3) is 0.174. The van der Waals surface area contributed by atoms with Crippen LogP contribution in [-0.2, 0) is 11.9 Å². The van der Waals surface area contributed by atoms with Crippen molar-refractivity contribution in [3.05, 3.63) is 87.4 Å². The smallest absolute Gasteiger partial charge is 0.416 e. The number of rotatable bonds is 7. The zero-order valence-corrected chi connectivity index (χ0v) is 19.1. The van der Waals surface area contributed by atoms with E-state index in [4.69, 9.17) is 27.9 Å². The molecule has 3 aromatic carbocycles. The molecule has 0 fully saturated rings. The monoisotopic (exact) mass is 499 g/mol. The topological polar surface area (TPSA) is 38.3 Å². The van der Waals surface area contributed by atoms with Gasteiger partial charge in [0.1, 0.15) is 5.75 Å². The summed E-state index contributed by atoms with van der Waals surface area (Å²) in [5.74, 6) is 0.567. The summed E-state index contributed by atoms with van der Waals surface area (Å²) in [6.45, 7) is 2.30. The predicted molar refractivity (Wildman–Crippen MR) is 123 cm³/mol. The first kappa shape index (κ1) is 24.3. The molecule has 0 saturated heterocycles. The SMILES string of the molecule is CCOc1ccc(C(=O)Nc2cc(C(F)(F)F)ccc2Cl)cc1CSc1ccc(Cl)cc1. The van der Waals surface area contributed by atoms with Gasteiger partial charge in [-0.2, -0.15) is 13.2 Å². The molecule has 0 aromatic heterocycles. The van der Waals surface area contributed by atoms with E-state index in [2.05, 4.69) is 5.32 Å². The molecule has 0 bridgehead atoms. The summed E-state index contributed by atoms with van der Waals surface area (Å²) >= 11 is 13.4. The first-order valence-electron chi connectivity index (χ1n) is 9.49. The molecule has 0 saturated carbocycles. The van der Waals surface area contributed by atoms with Crippen LogP contribution < -0.4 is 10.1 Å². The molecule has 0 aliphatic rings. The molecule has 3 rings (SSSR count). The van der Waals surface area contributed by atoms with Gasteiger partial charge in [-0.1, -0.05) is 23.2 Å². The van der Waals surface area contributed by atoms with Gasteiger partial charge in [0.2, 0.25) is 0 Å². The van der Waals surface area contributed by atoms with Crippen LogP contribution in [0.5, 0.6) is 5.75 Å². The van der Waals surface area contributed by atoms with Crippen molar-refractivity contribution in [2.24, 2.45) is 0 Å². The third-order valence-corrected chi connectivity index (χ3v) is 6.01. The number of carbonyl (C=O) groups excluding carboxylic acids is 1. The van der Waals surface area contributed by atoms with Crippen LogP contribution in [0.3, 0.4) is 0 Å². The molecule has 32 heavy (non-hydrogen) atoms. The first-order chi connectivity index (χ1) is 15.2. The van der Waals surface area contributed by atoms with Gasteiger partial charge in [-0.05, 0) is 67.6 Å². The molecule has 0 unspecified atom stereocenters. The Hall–Kier alpha value is -2.35. The summed E-state index contributed by atoms with van der Waals surface area (Å²) in [4.78, 5) is 13.7. The molecule has 1 amide bonds. The van der Waals surface area contributed by atoms with Gasteiger partial charge in [-0.3, -0.25) is 4.79 Å². The molecular formula is C23H18Cl2F3NO2S. The van der Waals surface area contributed by atoms with Crippen molar-refractivity contribution >= 4 is 46.6 Å². The van der Waals surface area contributed by atoms with Gasteiger partial charge in [0, 0.05) is 26.8 Å². The number of ether oxygens (including phenoxy) is 1. The largest absolute Gasteiger partial charge is 0.494 e. The quantitative estimate of drug-likeness (QED) is 0.335. The maximum atomic E-state index is 13.0. The van der Waals surface area contributed by atoms with Crippen molar-refractivity contribution in [3.8, 4) is 5.75 Å². The number of hydrogen-bond acceptors (Lipinski definition) is 3. The highest BCUT2D eigenvalue weighted by Gasteiger charge is 2.31. The standard InChI is InChI=1S/C23H18Cl2F3NO2S/c1-2-31-21-10-3-14(11-15(21)13-32-18-7-5-17(24)6-8-18)22(30)29-20-12-16(23(26,27)28)4-9-19(20)25/h3-12H,2,13H2,1H3,(H,29,30). The highest BCUT2D eigenvalue weighted by atomic mass is 35.5. The zero-order valence-electron chi connectivity index (χ0n) is 16.8. The summed E-state index contributed by atoms with van der Waals surface area (Å²) in [6, 6.07) is 15.0. The van der Waals surface area contributed by atoms with Gasteiger partial charge >= 0.3 is 6.18 Å². The van der Waals surface area contributed by atoms with E-state index in [0.717, 1.165) is 28.7 Å². The number of amides is 1. The zero-order chi connectivity index (χ0) is 23.3. The van der Waals surface area contributed by atoms with Gasteiger partial charge in [0.15, 0.2) is 0 Å². The van der Waals surface area contributed by atoms with E-state index in [1.807, 2.05) is 19.1 Å². The van der Waals surface area contributed by atoms with E-state index in [0.29, 0.717) is 23.1 Å². The lowest BCUT2D eigenvalue weighted by Gasteiger charge is -2.14. The summed E-state index contributed by atoms with van der Waals surface area (Å²) in [5.41, 5.74) is 0.0321. The Bertz CT molecular complexity index is 1110. The fourth-order valence-corrected chi connectivity index (χ4v) is 3.98. The molecule has 3 aromatic rings. The van der Waals surface area contributed by atoms with Crippen LogP contribution in [0.25, 0.3) is 0 Å². The predicted octanol–water partition coefficient (Wildman–Crippen LogP) is 7.96. The number of benzene rings is 3. The van der Waals surface area contributed by atoms with Crippen molar-refractivity contribution in [2.45, 2.75) is 23.7 Å². The minimum Gasteiger partial charge on any atom is -0.494 e. The Labute approximate surface area is 197 Å². The number of nitrogens with one attached hydrogen (secondary N) is 1. The minimum atomic E-state index is -4.55. The number of hydrogen-bond donors (Lipinski definition) is 1. The second-order valence-electron chi connectivity index (χ2n) is 6.64. The van der Waals surface area contributed by atoms with Gasteiger partial charge in [0.25, 0.3) is 5.91 Å². The van der Waals surface area contributed by atoms with Crippen LogP contribution in [0.4, 0.5) is 18.9 Å². The Morgan fingerprint density at radius 1 is 1.03 bits per heavy atom. The Kier molecular flexibility index (Phi) is 7.98. The number of halogens is 5. The molecule has 0 aliphatic heterocycles. The van der Waals surface area contributed by atoms with E-state index in [-0.39, 0.29) is 16.3 Å². The molecule has 3 nitrogen and oxygen atoms in total. The van der Waals surface area contributed by atoms with Crippen LogP contribution in [0.15, 0.2) is 65.6 Å².